The van der Waals surface area contributed by atoms with Crippen molar-refractivity contribution in [3.63, 3.8) is 0 Å². The van der Waals surface area contributed by atoms with Gasteiger partial charge in [-0.25, -0.2) is 0 Å². The monoisotopic (exact) mass is 529 g/mol. The minimum atomic E-state index is -2.90. The van der Waals surface area contributed by atoms with Gasteiger partial charge in [0.15, 0.2) is 5.96 Å². The van der Waals surface area contributed by atoms with Gasteiger partial charge in [-0.3, -0.25) is 4.99 Å². The minimum Gasteiger partial charge on any atom is -0.467 e. The number of guanidine groups is 1. The van der Waals surface area contributed by atoms with E-state index in [-0.39, 0.29) is 36.3 Å². The molecule has 0 atom stereocenters. The van der Waals surface area contributed by atoms with Crippen molar-refractivity contribution in [2.45, 2.75) is 26.2 Å². The van der Waals surface area contributed by atoms with Gasteiger partial charge in [-0.2, -0.15) is 8.78 Å². The Kier molecular flexibility index (Phi) is 11.8. The number of ether oxygens (including phenoxy) is 2. The van der Waals surface area contributed by atoms with Gasteiger partial charge in [0.2, 0.25) is 0 Å². The lowest BCUT2D eigenvalue weighted by molar-refractivity contribution is -0.0504. The first kappa shape index (κ1) is 24.4. The molecule has 0 bridgehead atoms. The summed E-state index contributed by atoms with van der Waals surface area (Å²) in [6.07, 6.45) is 2.37. The molecule has 28 heavy (non-hydrogen) atoms. The van der Waals surface area contributed by atoms with Crippen LogP contribution in [0.4, 0.5) is 8.78 Å². The summed E-state index contributed by atoms with van der Waals surface area (Å²) in [5, 5.41) is 6.60. The predicted molar refractivity (Wildman–Crippen MR) is 115 cm³/mol. The predicted octanol–water partition coefficient (Wildman–Crippen LogP) is 4.42. The van der Waals surface area contributed by atoms with Gasteiger partial charge in [-0.15, -0.1) is 24.0 Å². The molecule has 0 saturated carbocycles. The normalized spacial score (nSPS) is 11.2. The Morgan fingerprint density at radius 3 is 2.79 bits per heavy atom. The van der Waals surface area contributed by atoms with Crippen LogP contribution in [0.2, 0.25) is 5.02 Å². The molecule has 0 aliphatic rings. The summed E-state index contributed by atoms with van der Waals surface area (Å²) >= 11 is 5.93. The van der Waals surface area contributed by atoms with Crippen molar-refractivity contribution in [1.29, 1.82) is 0 Å². The third-order valence-corrected chi connectivity index (χ3v) is 3.73. The van der Waals surface area contributed by atoms with E-state index in [0.717, 1.165) is 12.2 Å². The molecule has 2 rings (SSSR count). The zero-order valence-electron chi connectivity index (χ0n) is 15.3. The van der Waals surface area contributed by atoms with E-state index < -0.39 is 6.61 Å². The molecule has 0 aliphatic carbocycles. The SMILES string of the molecule is CN=C(NCCCOCc1ccco1)NCc1cc(Cl)ccc1OC(F)F.I. The van der Waals surface area contributed by atoms with Crippen LogP contribution in [-0.2, 0) is 17.9 Å². The van der Waals surface area contributed by atoms with Crippen LogP contribution in [0.3, 0.4) is 0 Å². The van der Waals surface area contributed by atoms with Crippen molar-refractivity contribution >= 4 is 41.5 Å². The lowest BCUT2D eigenvalue weighted by Gasteiger charge is -2.15. The number of rotatable bonds is 10. The van der Waals surface area contributed by atoms with Crippen molar-refractivity contribution in [2.75, 3.05) is 20.2 Å². The highest BCUT2D eigenvalue weighted by Crippen LogP contribution is 2.24. The lowest BCUT2D eigenvalue weighted by Crippen LogP contribution is -2.37. The molecule has 0 radical (unpaired) electrons. The number of halogens is 4. The highest BCUT2D eigenvalue weighted by atomic mass is 127. The Labute approximate surface area is 184 Å². The molecule has 0 aliphatic heterocycles. The second-order valence-electron chi connectivity index (χ2n) is 5.47. The number of aliphatic imine (C=N–C) groups is 1. The first-order valence-corrected chi connectivity index (χ1v) is 8.74. The van der Waals surface area contributed by atoms with Gasteiger partial charge in [0, 0.05) is 37.3 Å². The van der Waals surface area contributed by atoms with Crippen LogP contribution in [0.5, 0.6) is 5.75 Å². The third kappa shape index (κ3) is 9.07. The van der Waals surface area contributed by atoms with Gasteiger partial charge < -0.3 is 24.5 Å². The molecular formula is C18H23ClF2IN3O3. The Morgan fingerprint density at radius 1 is 1.29 bits per heavy atom. The second-order valence-corrected chi connectivity index (χ2v) is 5.91. The zero-order chi connectivity index (χ0) is 19.5. The molecular weight excluding hydrogens is 507 g/mol. The molecule has 0 saturated heterocycles. The van der Waals surface area contributed by atoms with E-state index in [0.29, 0.717) is 36.3 Å². The van der Waals surface area contributed by atoms with Gasteiger partial charge in [0.25, 0.3) is 0 Å². The maximum absolute atomic E-state index is 12.5. The van der Waals surface area contributed by atoms with E-state index in [2.05, 4.69) is 20.4 Å². The van der Waals surface area contributed by atoms with Crippen LogP contribution in [0.1, 0.15) is 17.7 Å². The van der Waals surface area contributed by atoms with Crippen LogP contribution in [0.15, 0.2) is 46.0 Å². The highest BCUT2D eigenvalue weighted by molar-refractivity contribution is 14.0. The Hall–Kier alpha value is -1.59. The average molecular weight is 530 g/mol. The van der Waals surface area contributed by atoms with E-state index in [1.54, 1.807) is 19.4 Å². The topological polar surface area (TPSA) is 68.0 Å². The minimum absolute atomic E-state index is 0. The molecule has 10 heteroatoms. The van der Waals surface area contributed by atoms with E-state index in [1.807, 2.05) is 12.1 Å². The fourth-order valence-corrected chi connectivity index (χ4v) is 2.44. The van der Waals surface area contributed by atoms with E-state index in [4.69, 9.17) is 20.8 Å². The smallest absolute Gasteiger partial charge is 0.387 e. The Morgan fingerprint density at radius 2 is 2.11 bits per heavy atom. The molecule has 2 aromatic rings. The summed E-state index contributed by atoms with van der Waals surface area (Å²) in [6, 6.07) is 8.15. The molecule has 0 unspecified atom stereocenters. The fraction of sp³-hybridized carbons (Fsp3) is 0.389. The second kappa shape index (κ2) is 13.6. The van der Waals surface area contributed by atoms with E-state index >= 15 is 0 Å². The largest absolute Gasteiger partial charge is 0.467 e. The first-order chi connectivity index (χ1) is 13.1. The standard InChI is InChI=1S/C18H22ClF2N3O3.HI/c1-22-18(23-7-3-8-25-12-15-4-2-9-26-15)24-11-13-10-14(19)5-6-16(13)27-17(20)21;/h2,4-6,9-10,17H,3,7-8,11-12H2,1H3,(H2,22,23,24);1H. The molecule has 1 aromatic heterocycles. The molecule has 2 N–H and O–H groups in total. The number of benzene rings is 1. The maximum Gasteiger partial charge on any atom is 0.387 e. The average Bonchev–Trinajstić information content (AvgIpc) is 3.15. The Balaban J connectivity index is 0.00000392. The van der Waals surface area contributed by atoms with Crippen molar-refractivity contribution in [3.8, 4) is 5.75 Å². The molecule has 6 nitrogen and oxygen atoms in total. The first-order valence-electron chi connectivity index (χ1n) is 8.36. The molecule has 156 valence electrons. The lowest BCUT2D eigenvalue weighted by atomic mass is 10.2. The van der Waals surface area contributed by atoms with Crippen molar-refractivity contribution in [1.82, 2.24) is 10.6 Å². The highest BCUT2D eigenvalue weighted by Gasteiger charge is 2.11. The number of alkyl halides is 2. The summed E-state index contributed by atoms with van der Waals surface area (Å²) in [5.74, 6) is 1.39. The van der Waals surface area contributed by atoms with Gasteiger partial charge >= 0.3 is 6.61 Å². The van der Waals surface area contributed by atoms with Gasteiger partial charge in [-0.05, 0) is 36.8 Å². The van der Waals surface area contributed by atoms with Crippen molar-refractivity contribution < 1.29 is 22.7 Å². The maximum atomic E-state index is 12.5. The van der Waals surface area contributed by atoms with Crippen molar-refractivity contribution in [3.05, 3.63) is 52.9 Å². The van der Waals surface area contributed by atoms with Gasteiger partial charge in [0.1, 0.15) is 18.1 Å². The number of hydrogen-bond acceptors (Lipinski definition) is 4. The zero-order valence-corrected chi connectivity index (χ0v) is 18.4. The number of hydrogen-bond donors (Lipinski definition) is 2. The van der Waals surface area contributed by atoms with Crippen molar-refractivity contribution in [2.24, 2.45) is 4.99 Å². The fourth-order valence-electron chi connectivity index (χ4n) is 2.25. The number of nitrogens with one attached hydrogen (secondary N) is 2. The summed E-state index contributed by atoms with van der Waals surface area (Å²) in [7, 11) is 1.62. The summed E-state index contributed by atoms with van der Waals surface area (Å²) in [4.78, 5) is 4.09. The van der Waals surface area contributed by atoms with Crippen LogP contribution in [0.25, 0.3) is 0 Å². The molecule has 1 heterocycles. The van der Waals surface area contributed by atoms with Crippen LogP contribution >= 0.6 is 35.6 Å². The van der Waals surface area contributed by atoms with Crippen LogP contribution in [-0.4, -0.2) is 32.8 Å². The summed E-state index contributed by atoms with van der Waals surface area (Å²) in [6.45, 7) is -1.04. The van der Waals surface area contributed by atoms with E-state index in [9.17, 15) is 8.78 Å². The summed E-state index contributed by atoms with van der Waals surface area (Å²) in [5.41, 5.74) is 0.507. The molecule has 1 aromatic carbocycles. The van der Waals surface area contributed by atoms with Crippen LogP contribution < -0.4 is 15.4 Å². The number of nitrogens with zero attached hydrogens (tertiary/aromatic N) is 1. The van der Waals surface area contributed by atoms with E-state index in [1.165, 1.54) is 12.1 Å². The Bertz CT molecular complexity index is 718. The van der Waals surface area contributed by atoms with Crippen LogP contribution in [0, 0.1) is 0 Å². The van der Waals surface area contributed by atoms with Gasteiger partial charge in [-0.1, -0.05) is 11.6 Å². The number of furan rings is 1. The quantitative estimate of drug-likeness (QED) is 0.206. The summed E-state index contributed by atoms with van der Waals surface area (Å²) < 4.78 is 40.2. The van der Waals surface area contributed by atoms with Gasteiger partial charge in [0.05, 0.1) is 6.26 Å². The molecule has 0 spiro atoms. The third-order valence-electron chi connectivity index (χ3n) is 3.49. The molecule has 0 fully saturated rings. The molecule has 0 amide bonds.